The van der Waals surface area contributed by atoms with Crippen molar-refractivity contribution in [3.8, 4) is 0 Å². The third-order valence-corrected chi connectivity index (χ3v) is 2.82. The van der Waals surface area contributed by atoms with E-state index in [1.165, 1.54) is 0 Å². The normalized spacial score (nSPS) is 13.9. The SMILES string of the molecule is Cc1nc2ccc(NC(=O)NCC3=NOCC3)cn2n1. The van der Waals surface area contributed by atoms with E-state index in [0.29, 0.717) is 24.7 Å². The van der Waals surface area contributed by atoms with Crippen LogP contribution in [0.15, 0.2) is 23.5 Å². The summed E-state index contributed by atoms with van der Waals surface area (Å²) in [6, 6.07) is 3.28. The van der Waals surface area contributed by atoms with Gasteiger partial charge in [-0.25, -0.2) is 14.3 Å². The molecular weight excluding hydrogens is 260 g/mol. The molecule has 0 bridgehead atoms. The number of anilines is 1. The van der Waals surface area contributed by atoms with Gasteiger partial charge in [0.25, 0.3) is 0 Å². The molecule has 0 fully saturated rings. The van der Waals surface area contributed by atoms with Crippen molar-refractivity contribution in [3.05, 3.63) is 24.2 Å². The summed E-state index contributed by atoms with van der Waals surface area (Å²) in [5.74, 6) is 0.686. The summed E-state index contributed by atoms with van der Waals surface area (Å²) in [5, 5.41) is 13.5. The number of urea groups is 1. The summed E-state index contributed by atoms with van der Waals surface area (Å²) < 4.78 is 1.62. The van der Waals surface area contributed by atoms with E-state index in [1.54, 1.807) is 22.8 Å². The van der Waals surface area contributed by atoms with Gasteiger partial charge in [-0.05, 0) is 19.1 Å². The van der Waals surface area contributed by atoms with Crippen molar-refractivity contribution < 1.29 is 9.63 Å². The van der Waals surface area contributed by atoms with Gasteiger partial charge in [0.05, 0.1) is 24.1 Å². The van der Waals surface area contributed by atoms with E-state index in [2.05, 4.69) is 25.9 Å². The molecule has 3 rings (SSSR count). The van der Waals surface area contributed by atoms with Crippen LogP contribution in [0.2, 0.25) is 0 Å². The predicted molar refractivity (Wildman–Crippen MR) is 72.7 cm³/mol. The maximum absolute atomic E-state index is 11.7. The van der Waals surface area contributed by atoms with E-state index in [4.69, 9.17) is 4.84 Å². The Morgan fingerprint density at radius 2 is 2.40 bits per heavy atom. The maximum atomic E-state index is 11.7. The standard InChI is InChI=1S/C12H14N6O2/c1-8-14-11-3-2-10(7-18(11)16-8)15-12(19)13-6-9-4-5-20-17-9/h2-3,7H,4-6H2,1H3,(H2,13,15,19). The lowest BCUT2D eigenvalue weighted by Gasteiger charge is -2.06. The zero-order valence-electron chi connectivity index (χ0n) is 11.0. The van der Waals surface area contributed by atoms with E-state index >= 15 is 0 Å². The number of aromatic nitrogens is 3. The zero-order chi connectivity index (χ0) is 13.9. The van der Waals surface area contributed by atoms with Gasteiger partial charge in [0, 0.05) is 6.42 Å². The topological polar surface area (TPSA) is 92.9 Å². The van der Waals surface area contributed by atoms with Gasteiger partial charge in [0.2, 0.25) is 0 Å². The second kappa shape index (κ2) is 5.16. The van der Waals surface area contributed by atoms with Gasteiger partial charge >= 0.3 is 6.03 Å². The molecule has 1 aliphatic heterocycles. The number of hydrogen-bond acceptors (Lipinski definition) is 5. The molecule has 2 aromatic heterocycles. The predicted octanol–water partition coefficient (Wildman–Crippen LogP) is 0.936. The molecule has 1 aliphatic rings. The van der Waals surface area contributed by atoms with Crippen molar-refractivity contribution in [1.82, 2.24) is 19.9 Å². The molecule has 0 atom stereocenters. The minimum atomic E-state index is -0.296. The summed E-state index contributed by atoms with van der Waals surface area (Å²) >= 11 is 0. The molecule has 0 radical (unpaired) electrons. The number of oxime groups is 1. The number of nitrogens with zero attached hydrogens (tertiary/aromatic N) is 4. The minimum absolute atomic E-state index is 0.296. The summed E-state index contributed by atoms with van der Waals surface area (Å²) in [6.07, 6.45) is 2.47. The lowest BCUT2D eigenvalue weighted by Crippen LogP contribution is -2.32. The molecule has 0 aromatic carbocycles. The van der Waals surface area contributed by atoms with Gasteiger partial charge in [0.1, 0.15) is 12.4 Å². The molecule has 0 saturated carbocycles. The summed E-state index contributed by atoms with van der Waals surface area (Å²) in [4.78, 5) is 20.8. The molecule has 8 nitrogen and oxygen atoms in total. The molecule has 2 aromatic rings. The Morgan fingerprint density at radius 3 is 3.20 bits per heavy atom. The van der Waals surface area contributed by atoms with Crippen LogP contribution < -0.4 is 10.6 Å². The third kappa shape index (κ3) is 2.68. The van der Waals surface area contributed by atoms with Crippen LogP contribution in [0.4, 0.5) is 10.5 Å². The van der Waals surface area contributed by atoms with Crippen LogP contribution in [0, 0.1) is 6.92 Å². The molecule has 3 heterocycles. The maximum Gasteiger partial charge on any atom is 0.319 e. The van der Waals surface area contributed by atoms with E-state index in [9.17, 15) is 4.79 Å². The Labute approximate surface area is 114 Å². The first-order valence-electron chi connectivity index (χ1n) is 6.26. The minimum Gasteiger partial charge on any atom is -0.395 e. The largest absolute Gasteiger partial charge is 0.395 e. The van der Waals surface area contributed by atoms with E-state index in [-0.39, 0.29) is 6.03 Å². The monoisotopic (exact) mass is 274 g/mol. The van der Waals surface area contributed by atoms with E-state index in [0.717, 1.165) is 17.8 Å². The van der Waals surface area contributed by atoms with Crippen molar-refractivity contribution in [2.24, 2.45) is 5.16 Å². The number of aryl methyl sites for hydroxylation is 1. The average Bonchev–Trinajstić information content (AvgIpc) is 3.04. The van der Waals surface area contributed by atoms with Crippen LogP contribution in [-0.2, 0) is 4.84 Å². The van der Waals surface area contributed by atoms with Crippen molar-refractivity contribution >= 4 is 23.1 Å². The molecule has 8 heteroatoms. The molecule has 2 N–H and O–H groups in total. The Hall–Kier alpha value is -2.64. The molecule has 0 aliphatic carbocycles. The van der Waals surface area contributed by atoms with Crippen LogP contribution >= 0.6 is 0 Å². The fourth-order valence-electron chi connectivity index (χ4n) is 1.89. The van der Waals surface area contributed by atoms with Crippen LogP contribution in [0.25, 0.3) is 5.65 Å². The number of amides is 2. The highest BCUT2D eigenvalue weighted by Crippen LogP contribution is 2.09. The van der Waals surface area contributed by atoms with Crippen molar-refractivity contribution in [2.45, 2.75) is 13.3 Å². The van der Waals surface area contributed by atoms with Gasteiger partial charge in [-0.1, -0.05) is 5.16 Å². The highest BCUT2D eigenvalue weighted by Gasteiger charge is 2.10. The van der Waals surface area contributed by atoms with Gasteiger partial charge in [0.15, 0.2) is 5.65 Å². The van der Waals surface area contributed by atoms with Gasteiger partial charge in [-0.3, -0.25) is 0 Å². The van der Waals surface area contributed by atoms with Gasteiger partial charge in [-0.2, -0.15) is 5.10 Å². The fraction of sp³-hybridized carbons (Fsp3) is 0.333. The van der Waals surface area contributed by atoms with Crippen LogP contribution in [0.1, 0.15) is 12.2 Å². The lowest BCUT2D eigenvalue weighted by molar-refractivity contribution is 0.173. The van der Waals surface area contributed by atoms with Gasteiger partial charge < -0.3 is 15.5 Å². The first kappa shape index (κ1) is 12.4. The molecular formula is C12H14N6O2. The molecule has 20 heavy (non-hydrogen) atoms. The molecule has 0 spiro atoms. The van der Waals surface area contributed by atoms with Crippen molar-refractivity contribution in [2.75, 3.05) is 18.5 Å². The summed E-state index contributed by atoms with van der Waals surface area (Å²) in [7, 11) is 0. The molecule has 2 amide bonds. The number of carbonyl (C=O) groups is 1. The Bertz CT molecular complexity index is 678. The van der Waals surface area contributed by atoms with E-state index < -0.39 is 0 Å². The van der Waals surface area contributed by atoms with Crippen LogP contribution in [-0.4, -0.2) is 39.5 Å². The second-order valence-corrected chi connectivity index (χ2v) is 4.43. The Kier molecular flexibility index (Phi) is 3.20. The molecule has 0 unspecified atom stereocenters. The Balaban J connectivity index is 1.61. The molecule has 0 saturated heterocycles. The van der Waals surface area contributed by atoms with Crippen molar-refractivity contribution in [3.63, 3.8) is 0 Å². The van der Waals surface area contributed by atoms with Crippen molar-refractivity contribution in [1.29, 1.82) is 0 Å². The first-order valence-corrected chi connectivity index (χ1v) is 6.26. The number of pyridine rings is 1. The number of rotatable bonds is 3. The fourth-order valence-corrected chi connectivity index (χ4v) is 1.89. The zero-order valence-corrected chi connectivity index (χ0v) is 11.0. The number of nitrogens with one attached hydrogen (secondary N) is 2. The van der Waals surface area contributed by atoms with E-state index in [1.807, 2.05) is 6.92 Å². The number of fused-ring (bicyclic) bond motifs is 1. The Morgan fingerprint density at radius 1 is 1.50 bits per heavy atom. The third-order valence-electron chi connectivity index (χ3n) is 2.82. The van der Waals surface area contributed by atoms with Gasteiger partial charge in [-0.15, -0.1) is 0 Å². The summed E-state index contributed by atoms with van der Waals surface area (Å²) in [5.41, 5.74) is 2.22. The smallest absolute Gasteiger partial charge is 0.319 e. The first-order chi connectivity index (χ1) is 9.70. The highest BCUT2D eigenvalue weighted by atomic mass is 16.6. The number of hydrogen-bond donors (Lipinski definition) is 2. The van der Waals surface area contributed by atoms with Crippen LogP contribution in [0.3, 0.4) is 0 Å². The second-order valence-electron chi connectivity index (χ2n) is 4.43. The summed E-state index contributed by atoms with van der Waals surface area (Å²) in [6.45, 7) is 2.79. The average molecular weight is 274 g/mol. The highest BCUT2D eigenvalue weighted by molar-refractivity contribution is 5.94. The van der Waals surface area contributed by atoms with Crippen LogP contribution in [0.5, 0.6) is 0 Å². The molecule has 104 valence electrons. The quantitative estimate of drug-likeness (QED) is 0.871. The number of carbonyl (C=O) groups excluding carboxylic acids is 1. The lowest BCUT2D eigenvalue weighted by atomic mass is 10.3.